The van der Waals surface area contributed by atoms with E-state index in [2.05, 4.69) is 25.6 Å². The zero-order valence-electron chi connectivity index (χ0n) is 14.1. The van der Waals surface area contributed by atoms with Gasteiger partial charge in [-0.05, 0) is 60.7 Å². The molecule has 0 unspecified atom stereocenters. The Morgan fingerprint density at radius 1 is 0.964 bits per heavy atom. The zero-order valence-corrected chi connectivity index (χ0v) is 16.5. The lowest BCUT2D eigenvalue weighted by Crippen LogP contribution is -2.19. The van der Waals surface area contributed by atoms with Crippen molar-refractivity contribution < 1.29 is 13.5 Å². The number of thiocarbonyl (C=S) groups is 1. The van der Waals surface area contributed by atoms with Gasteiger partial charge in [0.2, 0.25) is 0 Å². The van der Waals surface area contributed by atoms with Crippen LogP contribution in [0, 0.1) is 0 Å². The highest BCUT2D eigenvalue weighted by Gasteiger charge is 2.15. The van der Waals surface area contributed by atoms with Crippen LogP contribution in [-0.4, -0.2) is 28.8 Å². The third-order valence-corrected chi connectivity index (χ3v) is 5.22. The van der Waals surface area contributed by atoms with Crippen molar-refractivity contribution in [3.63, 3.8) is 0 Å². The van der Waals surface area contributed by atoms with E-state index in [0.29, 0.717) is 11.4 Å². The van der Waals surface area contributed by atoms with Crippen LogP contribution in [-0.2, 0) is 10.0 Å². The molecule has 11 heteroatoms. The number of nitrogens with zero attached hydrogens (tertiary/aromatic N) is 2. The number of phenols is 1. The molecule has 0 amide bonds. The second-order valence-electron chi connectivity index (χ2n) is 5.47. The second-order valence-corrected chi connectivity index (χ2v) is 7.95. The molecule has 0 aliphatic rings. The Morgan fingerprint density at radius 2 is 1.68 bits per heavy atom. The van der Waals surface area contributed by atoms with E-state index in [4.69, 9.17) is 23.8 Å². The molecule has 3 rings (SSSR count). The molecule has 0 saturated carbocycles. The van der Waals surface area contributed by atoms with Gasteiger partial charge in [0, 0.05) is 5.69 Å². The number of aromatic hydroxyl groups is 1. The van der Waals surface area contributed by atoms with Gasteiger partial charge in [-0.15, -0.1) is 10.2 Å². The highest BCUT2D eigenvalue weighted by atomic mass is 35.5. The molecule has 0 aliphatic carbocycles. The van der Waals surface area contributed by atoms with E-state index in [1.165, 1.54) is 30.3 Å². The van der Waals surface area contributed by atoms with Crippen LogP contribution in [0.3, 0.4) is 0 Å². The summed E-state index contributed by atoms with van der Waals surface area (Å²) in [6, 6.07) is 15.4. The van der Waals surface area contributed by atoms with Crippen LogP contribution in [0.4, 0.5) is 17.2 Å². The smallest absolute Gasteiger partial charge is 0.263 e. The van der Waals surface area contributed by atoms with Crippen LogP contribution in [0.2, 0.25) is 5.15 Å². The maximum atomic E-state index is 12.4. The number of aromatic nitrogens is 2. The van der Waals surface area contributed by atoms with E-state index in [9.17, 15) is 13.5 Å². The first-order valence-electron chi connectivity index (χ1n) is 7.81. The highest BCUT2D eigenvalue weighted by molar-refractivity contribution is 7.92. The number of sulfonamides is 1. The Labute approximate surface area is 171 Å². The average Bonchev–Trinajstić information content (AvgIpc) is 2.66. The molecule has 0 fully saturated rings. The van der Waals surface area contributed by atoms with Crippen molar-refractivity contribution in [2.24, 2.45) is 0 Å². The number of phenolic OH excluding ortho intramolecular Hbond substituents is 1. The topological polar surface area (TPSA) is 116 Å². The van der Waals surface area contributed by atoms with Gasteiger partial charge in [0.1, 0.15) is 5.75 Å². The van der Waals surface area contributed by atoms with Crippen molar-refractivity contribution in [1.29, 1.82) is 0 Å². The number of hydrogen-bond acceptors (Lipinski definition) is 6. The van der Waals surface area contributed by atoms with Crippen LogP contribution in [0.25, 0.3) is 0 Å². The van der Waals surface area contributed by atoms with Crippen LogP contribution >= 0.6 is 23.8 Å². The van der Waals surface area contributed by atoms with E-state index < -0.39 is 10.0 Å². The molecule has 3 aromatic rings. The summed E-state index contributed by atoms with van der Waals surface area (Å²) >= 11 is 10.8. The van der Waals surface area contributed by atoms with E-state index in [1.54, 1.807) is 30.3 Å². The van der Waals surface area contributed by atoms with Crippen LogP contribution in [0.5, 0.6) is 5.75 Å². The Hall–Kier alpha value is -2.95. The molecule has 1 aromatic heterocycles. The summed E-state index contributed by atoms with van der Waals surface area (Å²) in [5, 5.41) is 23.2. The monoisotopic (exact) mass is 435 g/mol. The van der Waals surface area contributed by atoms with Gasteiger partial charge < -0.3 is 15.7 Å². The van der Waals surface area contributed by atoms with Crippen molar-refractivity contribution in [2.75, 3.05) is 15.4 Å². The predicted octanol–water partition coefficient (Wildman–Crippen LogP) is 3.45. The minimum absolute atomic E-state index is 0.0365. The van der Waals surface area contributed by atoms with Crippen LogP contribution in [0.15, 0.2) is 65.6 Å². The van der Waals surface area contributed by atoms with Crippen molar-refractivity contribution in [2.45, 2.75) is 4.90 Å². The summed E-state index contributed by atoms with van der Waals surface area (Å²) in [5.74, 6) is 0.115. The van der Waals surface area contributed by atoms with Crippen molar-refractivity contribution in [3.05, 3.63) is 65.8 Å². The van der Waals surface area contributed by atoms with Gasteiger partial charge in [0.25, 0.3) is 10.0 Å². The minimum Gasteiger partial charge on any atom is -0.506 e. The minimum atomic E-state index is -3.83. The van der Waals surface area contributed by atoms with Crippen molar-refractivity contribution in [1.82, 2.24) is 10.2 Å². The Balaban J connectivity index is 1.66. The predicted molar refractivity (Wildman–Crippen MR) is 112 cm³/mol. The summed E-state index contributed by atoms with van der Waals surface area (Å²) in [6.07, 6.45) is 0. The average molecular weight is 436 g/mol. The number of nitrogens with one attached hydrogen (secondary N) is 3. The Kier molecular flexibility index (Phi) is 5.93. The molecule has 2 aromatic carbocycles. The van der Waals surface area contributed by atoms with Gasteiger partial charge in [-0.25, -0.2) is 8.42 Å². The van der Waals surface area contributed by atoms with Crippen LogP contribution < -0.4 is 15.4 Å². The third-order valence-electron chi connectivity index (χ3n) is 3.45. The first-order valence-corrected chi connectivity index (χ1v) is 10.1. The Morgan fingerprint density at radius 3 is 2.32 bits per heavy atom. The summed E-state index contributed by atoms with van der Waals surface area (Å²) in [6.45, 7) is 0. The number of halogens is 1. The second kappa shape index (κ2) is 8.38. The number of para-hydroxylation sites is 2. The summed E-state index contributed by atoms with van der Waals surface area (Å²) < 4.78 is 27.1. The quantitative estimate of drug-likeness (QED) is 0.355. The fraction of sp³-hybridized carbons (Fsp3) is 0. The normalized spacial score (nSPS) is 10.9. The number of hydrogen-bond donors (Lipinski definition) is 4. The maximum Gasteiger partial charge on any atom is 0.263 e. The first-order chi connectivity index (χ1) is 13.3. The lowest BCUT2D eigenvalue weighted by molar-refractivity contribution is 0.478. The van der Waals surface area contributed by atoms with Gasteiger partial charge in [0.15, 0.2) is 16.1 Å². The number of anilines is 3. The molecule has 8 nitrogen and oxygen atoms in total. The summed E-state index contributed by atoms with van der Waals surface area (Å²) in [7, 11) is -3.83. The molecule has 0 bridgehead atoms. The van der Waals surface area contributed by atoms with Crippen molar-refractivity contribution in [3.8, 4) is 5.75 Å². The highest BCUT2D eigenvalue weighted by Crippen LogP contribution is 2.22. The molecule has 1 heterocycles. The van der Waals surface area contributed by atoms with E-state index >= 15 is 0 Å². The largest absolute Gasteiger partial charge is 0.506 e. The van der Waals surface area contributed by atoms with Gasteiger partial charge in [-0.2, -0.15) is 0 Å². The Bertz CT molecular complexity index is 1090. The molecule has 4 N–H and O–H groups in total. The molecule has 0 radical (unpaired) electrons. The van der Waals surface area contributed by atoms with E-state index in [1.807, 2.05) is 0 Å². The molecule has 0 spiro atoms. The number of benzene rings is 2. The SMILES string of the molecule is O=S(=O)(Nc1ccc(Cl)nn1)c1ccc(NC(=S)Nc2ccccc2O)cc1. The molecule has 0 atom stereocenters. The van der Waals surface area contributed by atoms with Gasteiger partial charge >= 0.3 is 0 Å². The van der Waals surface area contributed by atoms with Crippen LogP contribution in [0.1, 0.15) is 0 Å². The van der Waals surface area contributed by atoms with E-state index in [-0.39, 0.29) is 26.7 Å². The lowest BCUT2D eigenvalue weighted by Gasteiger charge is -2.12. The molecular formula is C17H14ClN5O3S2. The van der Waals surface area contributed by atoms with Gasteiger partial charge in [0.05, 0.1) is 10.6 Å². The van der Waals surface area contributed by atoms with Gasteiger partial charge in [-0.1, -0.05) is 23.7 Å². The summed E-state index contributed by atoms with van der Waals surface area (Å²) in [5.41, 5.74) is 1.02. The molecular weight excluding hydrogens is 422 g/mol. The number of rotatable bonds is 5. The molecule has 0 saturated heterocycles. The fourth-order valence-electron chi connectivity index (χ4n) is 2.15. The third kappa shape index (κ3) is 5.06. The molecule has 0 aliphatic heterocycles. The fourth-order valence-corrected chi connectivity index (χ4v) is 3.47. The molecule has 28 heavy (non-hydrogen) atoms. The van der Waals surface area contributed by atoms with Gasteiger partial charge in [-0.3, -0.25) is 4.72 Å². The van der Waals surface area contributed by atoms with Crippen molar-refractivity contribution >= 4 is 56.1 Å². The molecule has 144 valence electrons. The zero-order chi connectivity index (χ0) is 20.1. The summed E-state index contributed by atoms with van der Waals surface area (Å²) in [4.78, 5) is 0.0365. The maximum absolute atomic E-state index is 12.4. The lowest BCUT2D eigenvalue weighted by atomic mass is 10.3. The first kappa shape index (κ1) is 19.8. The van der Waals surface area contributed by atoms with E-state index in [0.717, 1.165) is 0 Å². The standard InChI is InChI=1S/C17H14ClN5O3S2/c18-15-9-10-16(22-21-15)23-28(25,26)12-7-5-11(6-8-12)19-17(27)20-13-3-1-2-4-14(13)24/h1-10,24H,(H,22,23)(H2,19,20,27).